The number of hydrogen-bond acceptors (Lipinski definition) is 3. The average molecular weight is 235 g/mol. The van der Waals surface area contributed by atoms with E-state index in [0.29, 0.717) is 6.54 Å². The third-order valence-corrected chi connectivity index (χ3v) is 3.45. The van der Waals surface area contributed by atoms with Gasteiger partial charge >= 0.3 is 0 Å². The highest BCUT2D eigenvalue weighted by Gasteiger charge is 2.18. The van der Waals surface area contributed by atoms with E-state index in [4.69, 9.17) is 5.11 Å². The highest BCUT2D eigenvalue weighted by Crippen LogP contribution is 2.20. The van der Waals surface area contributed by atoms with Gasteiger partial charge in [0, 0.05) is 19.6 Å². The summed E-state index contributed by atoms with van der Waals surface area (Å²) in [5.41, 5.74) is 4.17. The maximum Gasteiger partial charge on any atom is 0.0897 e. The molecule has 3 heteroatoms. The number of hydrogen-bond donors (Lipinski definition) is 2. The van der Waals surface area contributed by atoms with Gasteiger partial charge in [-0.25, -0.2) is 0 Å². The third kappa shape index (κ3) is 3.06. The zero-order valence-corrected chi connectivity index (χ0v) is 10.4. The summed E-state index contributed by atoms with van der Waals surface area (Å²) in [6.45, 7) is 4.43. The summed E-state index contributed by atoms with van der Waals surface area (Å²) in [5, 5.41) is 18.3. The van der Waals surface area contributed by atoms with Gasteiger partial charge in [0.05, 0.1) is 12.7 Å². The molecule has 1 aliphatic rings. The number of aryl methyl sites for hydroxylation is 1. The molecule has 0 spiro atoms. The molecule has 1 atom stereocenters. The summed E-state index contributed by atoms with van der Waals surface area (Å²) in [4.78, 5) is 2.21. The highest BCUT2D eigenvalue weighted by atomic mass is 16.3. The topological polar surface area (TPSA) is 43.7 Å². The molecule has 1 unspecified atom stereocenters. The zero-order chi connectivity index (χ0) is 12.3. The molecule has 0 amide bonds. The van der Waals surface area contributed by atoms with Gasteiger partial charge in [-0.3, -0.25) is 4.90 Å². The Morgan fingerprint density at radius 2 is 2.18 bits per heavy atom. The van der Waals surface area contributed by atoms with Crippen molar-refractivity contribution in [2.24, 2.45) is 0 Å². The Bertz CT molecular complexity index is 378. The van der Waals surface area contributed by atoms with Gasteiger partial charge in [-0.2, -0.15) is 0 Å². The molecule has 2 N–H and O–H groups in total. The minimum Gasteiger partial charge on any atom is -0.394 e. The Morgan fingerprint density at radius 1 is 1.35 bits per heavy atom. The van der Waals surface area contributed by atoms with E-state index in [1.807, 2.05) is 0 Å². The van der Waals surface area contributed by atoms with Crippen molar-refractivity contribution in [1.82, 2.24) is 4.90 Å². The molecule has 17 heavy (non-hydrogen) atoms. The van der Waals surface area contributed by atoms with E-state index < -0.39 is 6.10 Å². The molecule has 3 nitrogen and oxygen atoms in total. The molecule has 0 fully saturated rings. The Labute approximate surface area is 103 Å². The van der Waals surface area contributed by atoms with Crippen molar-refractivity contribution in [3.8, 4) is 0 Å². The van der Waals surface area contributed by atoms with Gasteiger partial charge in [0.2, 0.25) is 0 Å². The monoisotopic (exact) mass is 235 g/mol. The SMILES string of the molecule is CCc1ccc2c(c1)CN(CC(O)CO)CC2. The maximum atomic E-state index is 9.47. The predicted molar refractivity (Wildman–Crippen MR) is 67.9 cm³/mol. The number of aliphatic hydroxyl groups excluding tert-OH is 2. The third-order valence-electron chi connectivity index (χ3n) is 3.45. The molecular formula is C14H21NO2. The zero-order valence-electron chi connectivity index (χ0n) is 10.4. The second-order valence-corrected chi connectivity index (χ2v) is 4.78. The number of benzene rings is 1. The standard InChI is InChI=1S/C14H21NO2/c1-2-11-3-4-12-5-6-15(8-13(12)7-11)9-14(17)10-16/h3-4,7,14,16-17H,2,5-6,8-10H2,1H3. The van der Waals surface area contributed by atoms with Crippen LogP contribution in [0.5, 0.6) is 0 Å². The summed E-state index contributed by atoms with van der Waals surface area (Å²) < 4.78 is 0. The molecule has 94 valence electrons. The molecule has 1 aromatic carbocycles. The number of nitrogens with zero attached hydrogens (tertiary/aromatic N) is 1. The van der Waals surface area contributed by atoms with Gasteiger partial charge in [0.25, 0.3) is 0 Å². The first-order valence-corrected chi connectivity index (χ1v) is 6.35. The van der Waals surface area contributed by atoms with Crippen LogP contribution in [0.3, 0.4) is 0 Å². The van der Waals surface area contributed by atoms with Gasteiger partial charge in [0.15, 0.2) is 0 Å². The lowest BCUT2D eigenvalue weighted by molar-refractivity contribution is 0.0551. The Balaban J connectivity index is 2.06. The molecule has 0 aromatic heterocycles. The van der Waals surface area contributed by atoms with Crippen molar-refractivity contribution in [2.45, 2.75) is 32.4 Å². The van der Waals surface area contributed by atoms with Crippen LogP contribution in [-0.2, 0) is 19.4 Å². The van der Waals surface area contributed by atoms with Crippen LogP contribution in [0, 0.1) is 0 Å². The highest BCUT2D eigenvalue weighted by molar-refractivity contribution is 5.33. The average Bonchev–Trinajstić information content (AvgIpc) is 2.37. The van der Waals surface area contributed by atoms with Crippen molar-refractivity contribution < 1.29 is 10.2 Å². The molecule has 1 aromatic rings. The van der Waals surface area contributed by atoms with Crippen LogP contribution in [0.1, 0.15) is 23.6 Å². The van der Waals surface area contributed by atoms with E-state index in [9.17, 15) is 5.11 Å². The second kappa shape index (κ2) is 5.63. The first kappa shape index (κ1) is 12.6. The summed E-state index contributed by atoms with van der Waals surface area (Å²) in [6, 6.07) is 6.71. The molecule has 0 saturated heterocycles. The van der Waals surface area contributed by atoms with Crippen molar-refractivity contribution in [1.29, 1.82) is 0 Å². The van der Waals surface area contributed by atoms with Gasteiger partial charge < -0.3 is 10.2 Å². The fourth-order valence-electron chi connectivity index (χ4n) is 2.40. The van der Waals surface area contributed by atoms with Crippen molar-refractivity contribution in [3.05, 3.63) is 34.9 Å². The minimum atomic E-state index is -0.620. The molecule has 1 heterocycles. The fourth-order valence-corrected chi connectivity index (χ4v) is 2.40. The number of aliphatic hydroxyl groups is 2. The van der Waals surface area contributed by atoms with E-state index in [2.05, 4.69) is 30.0 Å². The Kier molecular flexibility index (Phi) is 4.15. The smallest absolute Gasteiger partial charge is 0.0897 e. The number of rotatable bonds is 4. The minimum absolute atomic E-state index is 0.154. The molecule has 0 bridgehead atoms. The van der Waals surface area contributed by atoms with Crippen LogP contribution in [0.15, 0.2) is 18.2 Å². The van der Waals surface area contributed by atoms with E-state index in [0.717, 1.165) is 25.9 Å². The second-order valence-electron chi connectivity index (χ2n) is 4.78. The summed E-state index contributed by atoms with van der Waals surface area (Å²) >= 11 is 0. The summed E-state index contributed by atoms with van der Waals surface area (Å²) in [6.07, 6.45) is 1.48. The Hall–Kier alpha value is -0.900. The summed E-state index contributed by atoms with van der Waals surface area (Å²) in [7, 11) is 0. The van der Waals surface area contributed by atoms with Crippen molar-refractivity contribution in [3.63, 3.8) is 0 Å². The van der Waals surface area contributed by atoms with Gasteiger partial charge in [-0.05, 0) is 29.5 Å². The van der Waals surface area contributed by atoms with E-state index >= 15 is 0 Å². The van der Waals surface area contributed by atoms with Crippen LogP contribution in [-0.4, -0.2) is 40.9 Å². The predicted octanol–water partition coefficient (Wildman–Crippen LogP) is 0.960. The molecule has 1 aliphatic heterocycles. The number of β-amino-alcohol motifs (C(OH)–C–C–N with tert-alkyl or cyclic N) is 1. The largest absolute Gasteiger partial charge is 0.394 e. The summed E-state index contributed by atoms with van der Waals surface area (Å²) in [5.74, 6) is 0. The lowest BCUT2D eigenvalue weighted by Crippen LogP contribution is -2.37. The molecule has 0 radical (unpaired) electrons. The van der Waals surface area contributed by atoms with Crippen LogP contribution in [0.25, 0.3) is 0 Å². The normalized spacial score (nSPS) is 17.8. The lowest BCUT2D eigenvalue weighted by atomic mass is 9.96. The first-order valence-electron chi connectivity index (χ1n) is 6.35. The van der Waals surface area contributed by atoms with Crippen LogP contribution in [0.2, 0.25) is 0 Å². The first-order chi connectivity index (χ1) is 8.22. The lowest BCUT2D eigenvalue weighted by Gasteiger charge is -2.30. The molecule has 0 aliphatic carbocycles. The van der Waals surface area contributed by atoms with Crippen LogP contribution in [0.4, 0.5) is 0 Å². The van der Waals surface area contributed by atoms with Gasteiger partial charge in [0.1, 0.15) is 0 Å². The van der Waals surface area contributed by atoms with E-state index in [1.165, 1.54) is 16.7 Å². The number of fused-ring (bicyclic) bond motifs is 1. The Morgan fingerprint density at radius 3 is 2.88 bits per heavy atom. The van der Waals surface area contributed by atoms with E-state index in [-0.39, 0.29) is 6.61 Å². The fraction of sp³-hybridized carbons (Fsp3) is 0.571. The van der Waals surface area contributed by atoms with Crippen molar-refractivity contribution >= 4 is 0 Å². The quantitative estimate of drug-likeness (QED) is 0.817. The van der Waals surface area contributed by atoms with Crippen LogP contribution < -0.4 is 0 Å². The molecule has 0 saturated carbocycles. The molecular weight excluding hydrogens is 214 g/mol. The molecule has 2 rings (SSSR count). The van der Waals surface area contributed by atoms with Crippen LogP contribution >= 0.6 is 0 Å². The van der Waals surface area contributed by atoms with Crippen molar-refractivity contribution in [2.75, 3.05) is 19.7 Å². The van der Waals surface area contributed by atoms with E-state index in [1.54, 1.807) is 0 Å². The van der Waals surface area contributed by atoms with Gasteiger partial charge in [-0.15, -0.1) is 0 Å². The van der Waals surface area contributed by atoms with Gasteiger partial charge in [-0.1, -0.05) is 25.1 Å². The maximum absolute atomic E-state index is 9.47.